The van der Waals surface area contributed by atoms with Gasteiger partial charge in [-0.1, -0.05) is 19.8 Å². The van der Waals surface area contributed by atoms with Crippen LogP contribution < -0.4 is 4.90 Å². The Morgan fingerprint density at radius 2 is 2.14 bits per heavy atom. The Labute approximate surface area is 122 Å². The molecule has 114 valence electrons. The van der Waals surface area contributed by atoms with Crippen molar-refractivity contribution in [2.24, 2.45) is 5.92 Å². The summed E-state index contributed by atoms with van der Waals surface area (Å²) in [4.78, 5) is 27.4. The highest BCUT2D eigenvalue weighted by Crippen LogP contribution is 2.33. The minimum atomic E-state index is -1.22. The molecule has 0 saturated heterocycles. The minimum Gasteiger partial charge on any atom is -0.478 e. The summed E-state index contributed by atoms with van der Waals surface area (Å²) in [7, 11) is 1.79. The third-order valence-corrected chi connectivity index (χ3v) is 4.19. The summed E-state index contributed by atoms with van der Waals surface area (Å²) in [5.41, 5.74) is -0.425. The predicted octanol–water partition coefficient (Wildman–Crippen LogP) is 2.70. The zero-order valence-electron chi connectivity index (χ0n) is 12.2. The normalized spacial score (nSPS) is 21.8. The highest BCUT2D eigenvalue weighted by molar-refractivity contribution is 5.88. The lowest BCUT2D eigenvalue weighted by Gasteiger charge is -2.36. The van der Waals surface area contributed by atoms with E-state index in [2.05, 4.69) is 11.9 Å². The van der Waals surface area contributed by atoms with Gasteiger partial charge in [-0.3, -0.25) is 10.1 Å². The average molecular weight is 293 g/mol. The van der Waals surface area contributed by atoms with Crippen LogP contribution in [0.5, 0.6) is 0 Å². The molecule has 0 spiro atoms. The van der Waals surface area contributed by atoms with Crippen molar-refractivity contribution in [1.29, 1.82) is 0 Å². The van der Waals surface area contributed by atoms with Gasteiger partial charge in [0.1, 0.15) is 0 Å². The van der Waals surface area contributed by atoms with Crippen LogP contribution in [0.2, 0.25) is 0 Å². The molecule has 0 amide bonds. The van der Waals surface area contributed by atoms with Crippen molar-refractivity contribution in [3.05, 3.63) is 27.9 Å². The van der Waals surface area contributed by atoms with Crippen LogP contribution in [-0.4, -0.2) is 34.1 Å². The number of anilines is 1. The molecular weight excluding hydrogens is 274 g/mol. The third kappa shape index (κ3) is 3.12. The lowest BCUT2D eigenvalue weighted by Crippen LogP contribution is -2.39. The van der Waals surface area contributed by atoms with E-state index in [4.69, 9.17) is 5.11 Å². The summed E-state index contributed by atoms with van der Waals surface area (Å²) in [6.07, 6.45) is 5.52. The molecule has 7 heteroatoms. The molecule has 0 aliphatic heterocycles. The van der Waals surface area contributed by atoms with Crippen molar-refractivity contribution in [3.8, 4) is 0 Å². The first-order valence-electron chi connectivity index (χ1n) is 7.02. The lowest BCUT2D eigenvalue weighted by atomic mass is 9.85. The summed E-state index contributed by atoms with van der Waals surface area (Å²) in [5, 5.41) is 20.1. The van der Waals surface area contributed by atoms with E-state index in [1.165, 1.54) is 12.6 Å². The van der Waals surface area contributed by atoms with Gasteiger partial charge in [-0.15, -0.1) is 0 Å². The van der Waals surface area contributed by atoms with Gasteiger partial charge in [0, 0.05) is 25.4 Å². The molecule has 2 rings (SSSR count). The first-order valence-corrected chi connectivity index (χ1v) is 7.02. The largest absolute Gasteiger partial charge is 0.478 e. The Balaban J connectivity index is 2.37. The molecule has 21 heavy (non-hydrogen) atoms. The quantitative estimate of drug-likeness (QED) is 0.677. The number of carboxylic acids is 1. The molecule has 1 aliphatic carbocycles. The minimum absolute atomic E-state index is 0.171. The Hall–Kier alpha value is -2.18. The van der Waals surface area contributed by atoms with E-state index in [0.29, 0.717) is 5.92 Å². The molecule has 0 aromatic carbocycles. The van der Waals surface area contributed by atoms with Gasteiger partial charge in [0.05, 0.1) is 10.5 Å². The fourth-order valence-electron chi connectivity index (χ4n) is 3.00. The summed E-state index contributed by atoms with van der Waals surface area (Å²) in [5.74, 6) is -0.543. The van der Waals surface area contributed by atoms with E-state index in [-0.39, 0.29) is 23.1 Å². The first-order chi connectivity index (χ1) is 9.91. The molecule has 7 nitrogen and oxygen atoms in total. The highest BCUT2D eigenvalue weighted by Gasteiger charge is 2.30. The number of aromatic carboxylic acids is 1. The molecule has 1 fully saturated rings. The molecule has 1 aliphatic rings. The van der Waals surface area contributed by atoms with Crippen LogP contribution in [0.4, 0.5) is 11.5 Å². The van der Waals surface area contributed by atoms with Crippen LogP contribution in [0.25, 0.3) is 0 Å². The van der Waals surface area contributed by atoms with E-state index in [9.17, 15) is 14.9 Å². The summed E-state index contributed by atoms with van der Waals surface area (Å²) in [6.45, 7) is 2.14. The molecule has 2 atom stereocenters. The van der Waals surface area contributed by atoms with Gasteiger partial charge in [-0.25, -0.2) is 9.78 Å². The number of rotatable bonds is 4. The number of carbonyl (C=O) groups is 1. The van der Waals surface area contributed by atoms with E-state index < -0.39 is 10.9 Å². The maximum atomic E-state index is 11.2. The van der Waals surface area contributed by atoms with Gasteiger partial charge in [0.15, 0.2) is 0 Å². The van der Waals surface area contributed by atoms with Crippen molar-refractivity contribution < 1.29 is 14.8 Å². The van der Waals surface area contributed by atoms with Gasteiger partial charge in [0.25, 0.3) is 0 Å². The molecule has 1 aromatic heterocycles. The number of carboxylic acid groups (broad SMARTS) is 1. The molecular formula is C14H19N3O4. The van der Waals surface area contributed by atoms with Crippen LogP contribution in [0.3, 0.4) is 0 Å². The van der Waals surface area contributed by atoms with Crippen LogP contribution in [-0.2, 0) is 0 Å². The standard InChI is InChI=1S/C14H19N3O4/c1-9-5-3-4-6-11(9)16(2)13-12(17(20)21)7-10(8-15-13)14(18)19/h7-9,11H,3-6H2,1-2H3,(H,18,19). The second-order valence-corrected chi connectivity index (χ2v) is 5.57. The van der Waals surface area contributed by atoms with E-state index >= 15 is 0 Å². The fraction of sp³-hybridized carbons (Fsp3) is 0.571. The van der Waals surface area contributed by atoms with Crippen LogP contribution in [0.1, 0.15) is 43.0 Å². The van der Waals surface area contributed by atoms with Gasteiger partial charge in [-0.05, 0) is 18.8 Å². The fourth-order valence-corrected chi connectivity index (χ4v) is 3.00. The summed E-state index contributed by atoms with van der Waals surface area (Å²) in [6, 6.07) is 1.27. The van der Waals surface area contributed by atoms with Gasteiger partial charge in [0.2, 0.25) is 5.82 Å². The Bertz CT molecular complexity index is 561. The summed E-state index contributed by atoms with van der Waals surface area (Å²) < 4.78 is 0. The maximum absolute atomic E-state index is 11.2. The number of aromatic nitrogens is 1. The van der Waals surface area contributed by atoms with Crippen molar-refractivity contribution >= 4 is 17.5 Å². The molecule has 2 unspecified atom stereocenters. The smallest absolute Gasteiger partial charge is 0.337 e. The Morgan fingerprint density at radius 3 is 2.71 bits per heavy atom. The molecule has 0 bridgehead atoms. The van der Waals surface area contributed by atoms with Crippen LogP contribution >= 0.6 is 0 Å². The SMILES string of the molecule is CC1CCCCC1N(C)c1ncc(C(=O)O)cc1[N+](=O)[O-]. The van der Waals surface area contributed by atoms with Crippen LogP contribution in [0, 0.1) is 16.0 Å². The zero-order chi connectivity index (χ0) is 15.6. The van der Waals surface area contributed by atoms with Gasteiger partial charge in [-0.2, -0.15) is 0 Å². The van der Waals surface area contributed by atoms with Crippen molar-refractivity contribution in [3.63, 3.8) is 0 Å². The highest BCUT2D eigenvalue weighted by atomic mass is 16.6. The molecule has 1 saturated carbocycles. The van der Waals surface area contributed by atoms with Crippen LogP contribution in [0.15, 0.2) is 12.3 Å². The average Bonchev–Trinajstić information content (AvgIpc) is 2.46. The topological polar surface area (TPSA) is 96.6 Å². The number of hydrogen-bond donors (Lipinski definition) is 1. The lowest BCUT2D eigenvalue weighted by molar-refractivity contribution is -0.384. The first kappa shape index (κ1) is 15.2. The number of pyridine rings is 1. The second-order valence-electron chi connectivity index (χ2n) is 5.57. The predicted molar refractivity (Wildman–Crippen MR) is 77.7 cm³/mol. The third-order valence-electron chi connectivity index (χ3n) is 4.19. The molecule has 1 heterocycles. The summed E-state index contributed by atoms with van der Waals surface area (Å²) >= 11 is 0. The van der Waals surface area contributed by atoms with E-state index in [0.717, 1.165) is 25.3 Å². The Kier molecular flexibility index (Phi) is 4.40. The monoisotopic (exact) mass is 293 g/mol. The number of hydrogen-bond acceptors (Lipinski definition) is 5. The van der Waals surface area contributed by atoms with Crippen molar-refractivity contribution in [2.75, 3.05) is 11.9 Å². The Morgan fingerprint density at radius 1 is 1.48 bits per heavy atom. The number of nitrogens with zero attached hydrogens (tertiary/aromatic N) is 3. The molecule has 1 aromatic rings. The second kappa shape index (κ2) is 6.07. The maximum Gasteiger partial charge on any atom is 0.337 e. The number of nitro groups is 1. The van der Waals surface area contributed by atoms with E-state index in [1.54, 1.807) is 7.05 Å². The van der Waals surface area contributed by atoms with E-state index in [1.807, 2.05) is 4.90 Å². The zero-order valence-corrected chi connectivity index (χ0v) is 12.2. The van der Waals surface area contributed by atoms with Crippen molar-refractivity contribution in [2.45, 2.75) is 38.6 Å². The van der Waals surface area contributed by atoms with Gasteiger partial charge >= 0.3 is 11.7 Å². The molecule has 1 N–H and O–H groups in total. The van der Waals surface area contributed by atoms with Crippen molar-refractivity contribution in [1.82, 2.24) is 4.98 Å². The van der Waals surface area contributed by atoms with Gasteiger partial charge < -0.3 is 10.0 Å². The molecule has 0 radical (unpaired) electrons.